The van der Waals surface area contributed by atoms with Crippen molar-refractivity contribution in [2.75, 3.05) is 10.6 Å². The number of anilines is 2. The molecule has 1 amide bonds. The van der Waals surface area contributed by atoms with E-state index in [2.05, 4.69) is 62.2 Å². The number of nitrogens with one attached hydrogen (secondary N) is 2. The highest BCUT2D eigenvalue weighted by molar-refractivity contribution is 6.02. The molecule has 198 valence electrons. The molecule has 0 spiro atoms. The molecule has 5 nitrogen and oxygen atoms in total. The molecule has 1 aliphatic rings. The SMILES string of the molecule is C=C(C)C1C(C(=O)Nc2ccc(Cc3ccc(NC(C)(C)C)cc3)cc2)C(C(C)=O)C1C(=O)C(C)(C)C. The second kappa shape index (κ2) is 10.6. The Labute approximate surface area is 222 Å². The van der Waals surface area contributed by atoms with Crippen LogP contribution < -0.4 is 10.6 Å². The minimum atomic E-state index is -0.622. The van der Waals surface area contributed by atoms with Crippen molar-refractivity contribution in [2.24, 2.45) is 29.1 Å². The quantitative estimate of drug-likeness (QED) is 0.395. The van der Waals surface area contributed by atoms with Gasteiger partial charge in [0, 0.05) is 40.1 Å². The monoisotopic (exact) mass is 502 g/mol. The standard InChI is InChI=1S/C32H42N2O3/c1-19(2)25-27(29(36)31(4,5)6)26(20(3)35)28(25)30(37)33-23-14-10-21(11-15-23)18-22-12-16-24(17-13-22)34-32(7,8)9/h10-17,25-28,34H,1,18H2,2-9H3,(H,33,37). The first kappa shape index (κ1) is 28.4. The molecule has 0 saturated heterocycles. The molecule has 37 heavy (non-hydrogen) atoms. The van der Waals surface area contributed by atoms with Crippen LogP contribution in [0.15, 0.2) is 60.7 Å². The Bertz CT molecular complexity index is 1140. The minimum absolute atomic E-state index is 0.0105. The summed E-state index contributed by atoms with van der Waals surface area (Å²) in [5.74, 6) is -2.40. The third-order valence-corrected chi connectivity index (χ3v) is 7.03. The molecule has 4 unspecified atom stereocenters. The van der Waals surface area contributed by atoms with Crippen molar-refractivity contribution in [1.29, 1.82) is 0 Å². The predicted octanol–water partition coefficient (Wildman–Crippen LogP) is 6.69. The molecule has 4 atom stereocenters. The van der Waals surface area contributed by atoms with Crippen LogP contribution in [0.2, 0.25) is 0 Å². The largest absolute Gasteiger partial charge is 0.380 e. The number of amides is 1. The third-order valence-electron chi connectivity index (χ3n) is 7.03. The maximum Gasteiger partial charge on any atom is 0.228 e. The molecule has 2 N–H and O–H groups in total. The van der Waals surface area contributed by atoms with Crippen molar-refractivity contribution in [1.82, 2.24) is 0 Å². The van der Waals surface area contributed by atoms with Gasteiger partial charge in [-0.3, -0.25) is 14.4 Å². The topological polar surface area (TPSA) is 75.3 Å². The molecule has 2 aromatic rings. The number of carbonyl (C=O) groups is 3. The molecular formula is C32H42N2O3. The molecule has 1 fully saturated rings. The van der Waals surface area contributed by atoms with Gasteiger partial charge in [0.15, 0.2) is 0 Å². The van der Waals surface area contributed by atoms with Crippen molar-refractivity contribution >= 4 is 28.8 Å². The fourth-order valence-electron chi connectivity index (χ4n) is 5.33. The van der Waals surface area contributed by atoms with Crippen LogP contribution in [0, 0.1) is 29.1 Å². The summed E-state index contributed by atoms with van der Waals surface area (Å²) < 4.78 is 0. The number of hydrogen-bond donors (Lipinski definition) is 2. The van der Waals surface area contributed by atoms with Crippen LogP contribution in [-0.2, 0) is 20.8 Å². The Balaban J connectivity index is 1.69. The molecule has 0 radical (unpaired) electrons. The summed E-state index contributed by atoms with van der Waals surface area (Å²) in [7, 11) is 0. The Morgan fingerprint density at radius 3 is 1.62 bits per heavy atom. The number of ketones is 2. The second-order valence-corrected chi connectivity index (χ2v) is 12.6. The Hall–Kier alpha value is -3.21. The number of benzene rings is 2. The van der Waals surface area contributed by atoms with Gasteiger partial charge >= 0.3 is 0 Å². The van der Waals surface area contributed by atoms with Gasteiger partial charge in [0.25, 0.3) is 0 Å². The van der Waals surface area contributed by atoms with Crippen LogP contribution in [0.5, 0.6) is 0 Å². The Kier molecular flexibility index (Phi) is 8.16. The van der Waals surface area contributed by atoms with E-state index in [9.17, 15) is 14.4 Å². The number of hydrogen-bond acceptors (Lipinski definition) is 4. The molecule has 0 aliphatic heterocycles. The van der Waals surface area contributed by atoms with Gasteiger partial charge < -0.3 is 10.6 Å². The van der Waals surface area contributed by atoms with E-state index in [1.54, 1.807) is 0 Å². The fraction of sp³-hybridized carbons (Fsp3) is 0.469. The zero-order valence-electron chi connectivity index (χ0n) is 23.6. The number of carbonyl (C=O) groups excluding carboxylic acids is 3. The summed E-state index contributed by atoms with van der Waals surface area (Å²) in [6, 6.07) is 16.2. The van der Waals surface area contributed by atoms with Gasteiger partial charge in [0.05, 0.1) is 5.92 Å². The lowest BCUT2D eigenvalue weighted by Crippen LogP contribution is -2.59. The zero-order valence-corrected chi connectivity index (χ0v) is 23.6. The molecule has 0 bridgehead atoms. The van der Waals surface area contributed by atoms with Gasteiger partial charge in [0.2, 0.25) is 5.91 Å². The zero-order chi connectivity index (χ0) is 27.7. The number of allylic oxidation sites excluding steroid dienone is 1. The average molecular weight is 503 g/mol. The van der Waals surface area contributed by atoms with Crippen LogP contribution in [0.1, 0.15) is 66.5 Å². The summed E-state index contributed by atoms with van der Waals surface area (Å²) >= 11 is 0. The van der Waals surface area contributed by atoms with Crippen LogP contribution in [0.25, 0.3) is 0 Å². The molecule has 2 aromatic carbocycles. The first-order valence-corrected chi connectivity index (χ1v) is 13.1. The molecule has 3 rings (SSSR count). The van der Waals surface area contributed by atoms with Crippen molar-refractivity contribution in [2.45, 2.75) is 67.3 Å². The van der Waals surface area contributed by atoms with E-state index in [0.29, 0.717) is 5.69 Å². The second-order valence-electron chi connectivity index (χ2n) is 12.6. The van der Waals surface area contributed by atoms with E-state index in [4.69, 9.17) is 0 Å². The molecule has 0 heterocycles. The van der Waals surface area contributed by atoms with Crippen molar-refractivity contribution in [3.8, 4) is 0 Å². The summed E-state index contributed by atoms with van der Waals surface area (Å²) in [5, 5.41) is 6.45. The van der Waals surface area contributed by atoms with Gasteiger partial charge in [-0.1, -0.05) is 57.2 Å². The maximum absolute atomic E-state index is 13.3. The average Bonchev–Trinajstić information content (AvgIpc) is 2.73. The van der Waals surface area contributed by atoms with Crippen molar-refractivity contribution in [3.63, 3.8) is 0 Å². The summed E-state index contributed by atoms with van der Waals surface area (Å²) in [6.07, 6.45) is 0.785. The van der Waals surface area contributed by atoms with E-state index in [-0.39, 0.29) is 28.9 Å². The van der Waals surface area contributed by atoms with E-state index in [0.717, 1.165) is 23.2 Å². The van der Waals surface area contributed by atoms with E-state index >= 15 is 0 Å². The molecule has 5 heteroatoms. The highest BCUT2D eigenvalue weighted by atomic mass is 16.2. The number of Topliss-reactive ketones (excluding diaryl/α,β-unsaturated/α-hetero) is 2. The summed E-state index contributed by atoms with van der Waals surface area (Å²) in [4.78, 5) is 39.0. The minimum Gasteiger partial charge on any atom is -0.380 e. The highest BCUT2D eigenvalue weighted by Gasteiger charge is 2.60. The van der Waals surface area contributed by atoms with Crippen molar-refractivity contribution < 1.29 is 14.4 Å². The fourth-order valence-corrected chi connectivity index (χ4v) is 5.33. The molecular weight excluding hydrogens is 460 g/mol. The normalized spacial score (nSPS) is 21.5. The number of rotatable bonds is 8. The predicted molar refractivity (Wildman–Crippen MR) is 152 cm³/mol. The molecule has 1 saturated carbocycles. The van der Waals surface area contributed by atoms with Crippen molar-refractivity contribution in [3.05, 3.63) is 71.8 Å². The van der Waals surface area contributed by atoms with Gasteiger partial charge in [-0.15, -0.1) is 0 Å². The lowest BCUT2D eigenvalue weighted by Gasteiger charge is -2.51. The molecule has 1 aliphatic carbocycles. The first-order valence-electron chi connectivity index (χ1n) is 13.1. The lowest BCUT2D eigenvalue weighted by molar-refractivity contribution is -0.157. The van der Waals surface area contributed by atoms with Crippen LogP contribution in [0.4, 0.5) is 11.4 Å². The summed E-state index contributed by atoms with van der Waals surface area (Å²) in [5.41, 5.74) is 4.29. The third kappa shape index (κ3) is 6.76. The van der Waals surface area contributed by atoms with Gasteiger partial charge in [-0.25, -0.2) is 0 Å². The Morgan fingerprint density at radius 1 is 0.730 bits per heavy atom. The van der Waals surface area contributed by atoms with Crippen LogP contribution in [0.3, 0.4) is 0 Å². The summed E-state index contributed by atoms with van der Waals surface area (Å²) in [6.45, 7) is 19.3. The smallest absolute Gasteiger partial charge is 0.228 e. The van der Waals surface area contributed by atoms with E-state index < -0.39 is 23.2 Å². The van der Waals surface area contributed by atoms with Gasteiger partial charge in [0.1, 0.15) is 11.6 Å². The lowest BCUT2D eigenvalue weighted by atomic mass is 9.50. The maximum atomic E-state index is 13.3. The Morgan fingerprint density at radius 2 is 1.22 bits per heavy atom. The van der Waals surface area contributed by atoms with Crippen LogP contribution >= 0.6 is 0 Å². The van der Waals surface area contributed by atoms with Crippen LogP contribution in [-0.4, -0.2) is 23.0 Å². The van der Waals surface area contributed by atoms with Gasteiger partial charge in [-0.05, 0) is 76.4 Å². The first-order chi connectivity index (χ1) is 17.1. The van der Waals surface area contributed by atoms with Gasteiger partial charge in [-0.2, -0.15) is 0 Å². The van der Waals surface area contributed by atoms with E-state index in [1.165, 1.54) is 12.5 Å². The highest BCUT2D eigenvalue weighted by Crippen LogP contribution is 2.52. The van der Waals surface area contributed by atoms with E-state index in [1.807, 2.05) is 52.0 Å². The molecule has 0 aromatic heterocycles.